The van der Waals surface area contributed by atoms with Crippen molar-refractivity contribution >= 4 is 5.78 Å². The van der Waals surface area contributed by atoms with E-state index in [1.807, 2.05) is 12.3 Å². The Balaban J connectivity index is 1.60. The lowest BCUT2D eigenvalue weighted by Gasteiger charge is -2.34. The Hall–Kier alpha value is -2.43. The maximum Gasteiger partial charge on any atom is 0.216 e. The van der Waals surface area contributed by atoms with Crippen LogP contribution in [0.1, 0.15) is 72.9 Å². The van der Waals surface area contributed by atoms with Crippen LogP contribution in [0.15, 0.2) is 30.6 Å². The van der Waals surface area contributed by atoms with E-state index in [4.69, 9.17) is 9.47 Å². The monoisotopic (exact) mass is 396 g/mol. The molecule has 1 saturated carbocycles. The minimum atomic E-state index is 0.184. The normalized spacial score (nSPS) is 20.1. The first-order valence-corrected chi connectivity index (χ1v) is 10.6. The fourth-order valence-electron chi connectivity index (χ4n) is 4.75. The molecular weight excluding hydrogens is 364 g/mol. The second kappa shape index (κ2) is 9.86. The second-order valence-corrected chi connectivity index (χ2v) is 8.03. The van der Waals surface area contributed by atoms with Crippen molar-refractivity contribution < 1.29 is 14.3 Å². The standard InChI is InChI=1S/C24H32N2O3/c1-5-17(14-22(27)20-10-11-23(28-3)26-15-20)18-6-8-19(9-7-18)21-12-13-25-24(29-4)16(21)2/h10-13,15,17-19H,5-9,14H2,1-4H3/t17-,18?,19?/m0/s1. The van der Waals surface area contributed by atoms with Gasteiger partial charge in [0.2, 0.25) is 11.8 Å². The zero-order chi connectivity index (χ0) is 20.8. The number of hydrogen-bond acceptors (Lipinski definition) is 5. The Kier molecular flexibility index (Phi) is 7.24. The molecule has 1 atom stereocenters. The minimum absolute atomic E-state index is 0.184. The third kappa shape index (κ3) is 4.95. The van der Waals surface area contributed by atoms with E-state index in [1.165, 1.54) is 18.4 Å². The highest BCUT2D eigenvalue weighted by Gasteiger charge is 2.30. The minimum Gasteiger partial charge on any atom is -0.481 e. The van der Waals surface area contributed by atoms with Crippen LogP contribution in [0.25, 0.3) is 0 Å². The van der Waals surface area contributed by atoms with Crippen LogP contribution in [0.5, 0.6) is 11.8 Å². The largest absolute Gasteiger partial charge is 0.481 e. The Bertz CT molecular complexity index is 811. The van der Waals surface area contributed by atoms with Gasteiger partial charge in [-0.2, -0.15) is 0 Å². The van der Waals surface area contributed by atoms with Gasteiger partial charge in [-0.25, -0.2) is 9.97 Å². The maximum atomic E-state index is 12.8. The van der Waals surface area contributed by atoms with Crippen molar-refractivity contribution in [2.45, 2.75) is 58.3 Å². The van der Waals surface area contributed by atoms with Crippen LogP contribution >= 0.6 is 0 Å². The molecule has 3 rings (SSSR count). The zero-order valence-corrected chi connectivity index (χ0v) is 18.0. The summed E-state index contributed by atoms with van der Waals surface area (Å²) in [6, 6.07) is 5.71. The molecule has 0 saturated heterocycles. The van der Waals surface area contributed by atoms with Gasteiger partial charge in [0.1, 0.15) is 0 Å². The molecule has 2 aromatic heterocycles. The predicted octanol–water partition coefficient (Wildman–Crippen LogP) is 5.38. The van der Waals surface area contributed by atoms with Gasteiger partial charge in [0, 0.05) is 36.0 Å². The highest BCUT2D eigenvalue weighted by Crippen LogP contribution is 2.42. The Morgan fingerprint density at radius 2 is 1.86 bits per heavy atom. The molecule has 2 aromatic rings. The molecule has 0 aliphatic heterocycles. The number of Topliss-reactive ketones (excluding diaryl/α,β-unsaturated/α-hetero) is 1. The molecular formula is C24H32N2O3. The number of nitrogens with zero attached hydrogens (tertiary/aromatic N) is 2. The molecule has 5 heteroatoms. The van der Waals surface area contributed by atoms with Gasteiger partial charge >= 0.3 is 0 Å². The van der Waals surface area contributed by atoms with E-state index in [9.17, 15) is 4.79 Å². The van der Waals surface area contributed by atoms with Gasteiger partial charge < -0.3 is 9.47 Å². The van der Waals surface area contributed by atoms with Crippen molar-refractivity contribution in [3.05, 3.63) is 47.3 Å². The van der Waals surface area contributed by atoms with Crippen LogP contribution in [-0.4, -0.2) is 30.0 Å². The van der Waals surface area contributed by atoms with E-state index >= 15 is 0 Å². The van der Waals surface area contributed by atoms with Crippen molar-refractivity contribution in [2.24, 2.45) is 11.8 Å². The average molecular weight is 397 g/mol. The van der Waals surface area contributed by atoms with Gasteiger partial charge in [0.05, 0.1) is 14.2 Å². The summed E-state index contributed by atoms with van der Waals surface area (Å²) in [4.78, 5) is 21.2. The van der Waals surface area contributed by atoms with E-state index in [-0.39, 0.29) is 5.78 Å². The number of ether oxygens (including phenoxy) is 2. The third-order valence-corrected chi connectivity index (χ3v) is 6.51. The average Bonchev–Trinajstić information content (AvgIpc) is 2.77. The number of carbonyl (C=O) groups is 1. The van der Waals surface area contributed by atoms with Crippen LogP contribution in [0, 0.1) is 18.8 Å². The first-order chi connectivity index (χ1) is 14.1. The number of rotatable bonds is 8. The molecule has 156 valence electrons. The van der Waals surface area contributed by atoms with Crippen molar-refractivity contribution in [1.82, 2.24) is 9.97 Å². The molecule has 2 heterocycles. The predicted molar refractivity (Wildman–Crippen MR) is 114 cm³/mol. The number of carbonyl (C=O) groups excluding carboxylic acids is 1. The SMILES string of the molecule is CC[C@@H](CC(=O)c1ccc(OC)nc1)C1CCC(c2ccnc(OC)c2C)CC1. The number of pyridine rings is 2. The van der Waals surface area contributed by atoms with Crippen molar-refractivity contribution in [2.75, 3.05) is 14.2 Å². The van der Waals surface area contributed by atoms with Crippen LogP contribution < -0.4 is 9.47 Å². The zero-order valence-electron chi connectivity index (χ0n) is 18.0. The van der Waals surface area contributed by atoms with E-state index in [2.05, 4.69) is 29.9 Å². The summed E-state index contributed by atoms with van der Waals surface area (Å²) in [6.45, 7) is 4.30. The molecule has 0 bridgehead atoms. The van der Waals surface area contributed by atoms with Gasteiger partial charge in [-0.3, -0.25) is 4.79 Å². The summed E-state index contributed by atoms with van der Waals surface area (Å²) >= 11 is 0. The first kappa shape index (κ1) is 21.3. The van der Waals surface area contributed by atoms with Gasteiger partial charge in [-0.1, -0.05) is 13.3 Å². The van der Waals surface area contributed by atoms with Crippen LogP contribution in [0.3, 0.4) is 0 Å². The molecule has 0 aromatic carbocycles. The highest BCUT2D eigenvalue weighted by atomic mass is 16.5. The van der Waals surface area contributed by atoms with Gasteiger partial charge in [0.15, 0.2) is 5.78 Å². The lowest BCUT2D eigenvalue weighted by atomic mass is 9.71. The van der Waals surface area contributed by atoms with Crippen molar-refractivity contribution in [1.29, 1.82) is 0 Å². The van der Waals surface area contributed by atoms with Gasteiger partial charge in [-0.15, -0.1) is 0 Å². The summed E-state index contributed by atoms with van der Waals surface area (Å²) in [7, 11) is 3.26. The lowest BCUT2D eigenvalue weighted by molar-refractivity contribution is 0.0925. The fourth-order valence-corrected chi connectivity index (χ4v) is 4.75. The smallest absolute Gasteiger partial charge is 0.216 e. The topological polar surface area (TPSA) is 61.3 Å². The van der Waals surface area contributed by atoms with Gasteiger partial charge in [-0.05, 0) is 68.1 Å². The van der Waals surface area contributed by atoms with Crippen LogP contribution in [0.2, 0.25) is 0 Å². The second-order valence-electron chi connectivity index (χ2n) is 8.03. The first-order valence-electron chi connectivity index (χ1n) is 10.6. The number of methoxy groups -OCH3 is 2. The maximum absolute atomic E-state index is 12.8. The van der Waals surface area contributed by atoms with Crippen molar-refractivity contribution in [3.63, 3.8) is 0 Å². The Labute approximate surface area is 173 Å². The highest BCUT2D eigenvalue weighted by molar-refractivity contribution is 5.95. The molecule has 0 N–H and O–H groups in total. The molecule has 0 amide bonds. The Morgan fingerprint density at radius 1 is 1.10 bits per heavy atom. The number of hydrogen-bond donors (Lipinski definition) is 0. The molecule has 0 unspecified atom stereocenters. The number of ketones is 1. The van der Waals surface area contributed by atoms with E-state index in [0.29, 0.717) is 35.6 Å². The van der Waals surface area contributed by atoms with Crippen molar-refractivity contribution in [3.8, 4) is 11.8 Å². The van der Waals surface area contributed by atoms with Gasteiger partial charge in [0.25, 0.3) is 0 Å². The molecule has 0 spiro atoms. The molecule has 0 radical (unpaired) electrons. The molecule has 5 nitrogen and oxygen atoms in total. The summed E-state index contributed by atoms with van der Waals surface area (Å²) in [6.07, 6.45) is 9.77. The summed E-state index contributed by atoms with van der Waals surface area (Å²) in [5.41, 5.74) is 3.20. The Morgan fingerprint density at radius 3 is 2.45 bits per heavy atom. The van der Waals surface area contributed by atoms with E-state index in [1.54, 1.807) is 26.5 Å². The fraction of sp³-hybridized carbons (Fsp3) is 0.542. The third-order valence-electron chi connectivity index (χ3n) is 6.51. The molecule has 1 fully saturated rings. The lowest BCUT2D eigenvalue weighted by Crippen LogP contribution is -2.23. The van der Waals surface area contributed by atoms with Crippen LogP contribution in [0.4, 0.5) is 0 Å². The summed E-state index contributed by atoms with van der Waals surface area (Å²) in [5, 5.41) is 0. The number of aromatic nitrogens is 2. The summed E-state index contributed by atoms with van der Waals surface area (Å²) < 4.78 is 10.5. The van der Waals surface area contributed by atoms with E-state index < -0.39 is 0 Å². The molecule has 1 aliphatic rings. The molecule has 29 heavy (non-hydrogen) atoms. The van der Waals surface area contributed by atoms with Crippen LogP contribution in [-0.2, 0) is 0 Å². The summed E-state index contributed by atoms with van der Waals surface area (Å²) in [5.74, 6) is 3.05. The molecule has 1 aliphatic carbocycles. The quantitative estimate of drug-likeness (QED) is 0.561. The van der Waals surface area contributed by atoms with E-state index in [0.717, 1.165) is 30.7 Å².